The lowest BCUT2D eigenvalue weighted by atomic mass is 10.1. The molecule has 0 bridgehead atoms. The molecular weight excluding hydrogens is 330 g/mol. The first-order valence-corrected chi connectivity index (χ1v) is 8.97. The van der Waals surface area contributed by atoms with Crippen molar-refractivity contribution in [3.05, 3.63) is 53.9 Å². The molecule has 1 saturated carbocycles. The number of pyridine rings is 1. The second-order valence-corrected chi connectivity index (χ2v) is 6.30. The number of aromatic nitrogens is 1. The van der Waals surface area contributed by atoms with Gasteiger partial charge in [0.1, 0.15) is 11.4 Å². The molecule has 1 aliphatic carbocycles. The van der Waals surface area contributed by atoms with Crippen LogP contribution in [0.4, 0.5) is 5.69 Å². The van der Waals surface area contributed by atoms with E-state index in [-0.39, 0.29) is 23.6 Å². The average Bonchev–Trinajstić information content (AvgIpc) is 3.16. The number of hydrogen-bond donors (Lipinski definition) is 2. The summed E-state index contributed by atoms with van der Waals surface area (Å²) in [5.74, 6) is 0.230. The second kappa shape index (κ2) is 8.47. The van der Waals surface area contributed by atoms with Gasteiger partial charge in [0.25, 0.3) is 11.8 Å². The molecule has 0 aliphatic heterocycles. The zero-order chi connectivity index (χ0) is 18.4. The van der Waals surface area contributed by atoms with E-state index in [2.05, 4.69) is 15.6 Å². The van der Waals surface area contributed by atoms with Crippen LogP contribution in [0.15, 0.2) is 42.6 Å². The number of carbonyl (C=O) groups is 2. The summed E-state index contributed by atoms with van der Waals surface area (Å²) in [5, 5.41) is 5.79. The Morgan fingerprint density at radius 2 is 1.85 bits per heavy atom. The van der Waals surface area contributed by atoms with E-state index in [1.807, 2.05) is 6.92 Å². The molecular formula is C20H23N3O3. The van der Waals surface area contributed by atoms with Crippen LogP contribution in [-0.2, 0) is 0 Å². The molecule has 26 heavy (non-hydrogen) atoms. The van der Waals surface area contributed by atoms with E-state index >= 15 is 0 Å². The predicted octanol–water partition coefficient (Wildman–Crippen LogP) is 3.41. The van der Waals surface area contributed by atoms with Gasteiger partial charge in [-0.3, -0.25) is 14.6 Å². The van der Waals surface area contributed by atoms with E-state index < -0.39 is 0 Å². The van der Waals surface area contributed by atoms with Crippen LogP contribution in [0.2, 0.25) is 0 Å². The lowest BCUT2D eigenvalue weighted by Gasteiger charge is -2.12. The Bertz CT molecular complexity index is 768. The number of nitrogens with one attached hydrogen (secondary N) is 2. The molecule has 136 valence electrons. The topological polar surface area (TPSA) is 80.3 Å². The summed E-state index contributed by atoms with van der Waals surface area (Å²) in [4.78, 5) is 28.8. The minimum Gasteiger partial charge on any atom is -0.494 e. The van der Waals surface area contributed by atoms with Gasteiger partial charge in [-0.15, -0.1) is 0 Å². The third-order valence-electron chi connectivity index (χ3n) is 4.37. The summed E-state index contributed by atoms with van der Waals surface area (Å²) in [6.45, 7) is 2.50. The number of nitrogens with zero attached hydrogens (tertiary/aromatic N) is 1. The molecule has 2 amide bonds. The fourth-order valence-electron chi connectivity index (χ4n) is 3.03. The number of benzene rings is 1. The Kier molecular flexibility index (Phi) is 5.84. The van der Waals surface area contributed by atoms with Crippen molar-refractivity contribution >= 4 is 17.5 Å². The molecule has 1 aromatic carbocycles. The number of anilines is 1. The predicted molar refractivity (Wildman–Crippen MR) is 99.5 cm³/mol. The van der Waals surface area contributed by atoms with Crippen molar-refractivity contribution in [3.63, 3.8) is 0 Å². The first-order chi connectivity index (χ1) is 12.7. The molecule has 1 fully saturated rings. The fourth-order valence-corrected chi connectivity index (χ4v) is 3.03. The van der Waals surface area contributed by atoms with Crippen LogP contribution < -0.4 is 15.4 Å². The average molecular weight is 353 g/mol. The van der Waals surface area contributed by atoms with Gasteiger partial charge in [-0.25, -0.2) is 0 Å². The van der Waals surface area contributed by atoms with Gasteiger partial charge in [0, 0.05) is 23.5 Å². The number of ether oxygens (including phenoxy) is 1. The highest BCUT2D eigenvalue weighted by molar-refractivity contribution is 6.04. The first-order valence-electron chi connectivity index (χ1n) is 8.97. The van der Waals surface area contributed by atoms with Crippen LogP contribution in [-0.4, -0.2) is 29.4 Å². The second-order valence-electron chi connectivity index (χ2n) is 6.30. The number of amides is 2. The molecule has 2 N–H and O–H groups in total. The normalized spacial score (nSPS) is 14.0. The quantitative estimate of drug-likeness (QED) is 0.834. The van der Waals surface area contributed by atoms with Gasteiger partial charge in [0.15, 0.2) is 0 Å². The van der Waals surface area contributed by atoms with E-state index in [0.29, 0.717) is 17.9 Å². The van der Waals surface area contributed by atoms with Crippen LogP contribution in [0.1, 0.15) is 53.5 Å². The monoisotopic (exact) mass is 353 g/mol. The largest absolute Gasteiger partial charge is 0.494 e. The van der Waals surface area contributed by atoms with Crippen molar-refractivity contribution in [3.8, 4) is 5.75 Å². The van der Waals surface area contributed by atoms with Crippen molar-refractivity contribution in [2.75, 3.05) is 11.9 Å². The minimum atomic E-state index is -0.357. The molecule has 1 aliphatic rings. The fraction of sp³-hybridized carbons (Fsp3) is 0.350. The molecule has 2 aromatic rings. The molecule has 0 spiro atoms. The molecule has 0 radical (unpaired) electrons. The van der Waals surface area contributed by atoms with Gasteiger partial charge in [-0.1, -0.05) is 12.8 Å². The SMILES string of the molecule is CCOc1ccc(NC(=O)c2cc(C(=O)NC3CCCC3)ccn2)cc1. The third kappa shape index (κ3) is 4.59. The zero-order valence-electron chi connectivity index (χ0n) is 14.8. The number of hydrogen-bond acceptors (Lipinski definition) is 4. The summed E-state index contributed by atoms with van der Waals surface area (Å²) < 4.78 is 5.38. The van der Waals surface area contributed by atoms with Gasteiger partial charge in [0.05, 0.1) is 6.61 Å². The highest BCUT2D eigenvalue weighted by Crippen LogP contribution is 2.19. The van der Waals surface area contributed by atoms with Crippen molar-refractivity contribution in [2.45, 2.75) is 38.6 Å². The van der Waals surface area contributed by atoms with E-state index in [9.17, 15) is 9.59 Å². The molecule has 1 heterocycles. The van der Waals surface area contributed by atoms with Crippen LogP contribution >= 0.6 is 0 Å². The van der Waals surface area contributed by atoms with Crippen molar-refractivity contribution in [1.29, 1.82) is 0 Å². The number of rotatable bonds is 6. The first kappa shape index (κ1) is 17.9. The highest BCUT2D eigenvalue weighted by atomic mass is 16.5. The zero-order valence-corrected chi connectivity index (χ0v) is 14.8. The van der Waals surface area contributed by atoms with Crippen LogP contribution in [0, 0.1) is 0 Å². The summed E-state index contributed by atoms with van der Waals surface area (Å²) >= 11 is 0. The van der Waals surface area contributed by atoms with E-state index in [4.69, 9.17) is 4.74 Å². The Labute approximate surface area is 153 Å². The molecule has 3 rings (SSSR count). The van der Waals surface area contributed by atoms with E-state index in [1.54, 1.807) is 30.3 Å². The maximum absolute atomic E-state index is 12.4. The van der Waals surface area contributed by atoms with Crippen molar-refractivity contribution < 1.29 is 14.3 Å². The Balaban J connectivity index is 1.64. The summed E-state index contributed by atoms with van der Waals surface area (Å²) in [6, 6.07) is 10.5. The van der Waals surface area contributed by atoms with E-state index in [0.717, 1.165) is 31.4 Å². The standard InChI is InChI=1S/C20H23N3O3/c1-2-26-17-9-7-16(8-10-17)23-20(25)18-13-14(11-12-21-18)19(24)22-15-5-3-4-6-15/h7-13,15H,2-6H2,1H3,(H,22,24)(H,23,25). The lowest BCUT2D eigenvalue weighted by molar-refractivity contribution is 0.0937. The lowest BCUT2D eigenvalue weighted by Crippen LogP contribution is -2.32. The summed E-state index contributed by atoms with van der Waals surface area (Å²) in [5.41, 5.74) is 1.29. The third-order valence-corrected chi connectivity index (χ3v) is 4.37. The van der Waals surface area contributed by atoms with Gasteiger partial charge in [-0.2, -0.15) is 0 Å². The van der Waals surface area contributed by atoms with Gasteiger partial charge < -0.3 is 15.4 Å². The van der Waals surface area contributed by atoms with E-state index in [1.165, 1.54) is 12.3 Å². The molecule has 6 nitrogen and oxygen atoms in total. The summed E-state index contributed by atoms with van der Waals surface area (Å²) in [6.07, 6.45) is 5.81. The van der Waals surface area contributed by atoms with Crippen LogP contribution in [0.5, 0.6) is 5.75 Å². The maximum Gasteiger partial charge on any atom is 0.274 e. The number of carbonyl (C=O) groups excluding carboxylic acids is 2. The highest BCUT2D eigenvalue weighted by Gasteiger charge is 2.19. The van der Waals surface area contributed by atoms with Gasteiger partial charge in [0.2, 0.25) is 0 Å². The Morgan fingerprint density at radius 3 is 2.54 bits per heavy atom. The Hall–Kier alpha value is -2.89. The van der Waals surface area contributed by atoms with Gasteiger partial charge in [-0.05, 0) is 56.2 Å². The minimum absolute atomic E-state index is 0.158. The molecule has 1 aromatic heterocycles. The molecule has 0 unspecified atom stereocenters. The molecule has 0 atom stereocenters. The molecule has 6 heteroatoms. The summed E-state index contributed by atoms with van der Waals surface area (Å²) in [7, 11) is 0. The molecule has 0 saturated heterocycles. The van der Waals surface area contributed by atoms with Crippen LogP contribution in [0.3, 0.4) is 0 Å². The smallest absolute Gasteiger partial charge is 0.274 e. The van der Waals surface area contributed by atoms with Crippen molar-refractivity contribution in [2.24, 2.45) is 0 Å². The van der Waals surface area contributed by atoms with Crippen molar-refractivity contribution in [1.82, 2.24) is 10.3 Å². The maximum atomic E-state index is 12.4. The van der Waals surface area contributed by atoms with Crippen LogP contribution in [0.25, 0.3) is 0 Å². The Morgan fingerprint density at radius 1 is 1.12 bits per heavy atom. The van der Waals surface area contributed by atoms with Gasteiger partial charge >= 0.3 is 0 Å².